The number of hydrogen-bond acceptors (Lipinski definition) is 4. The molecule has 0 aliphatic carbocycles. The SMILES string of the molecule is CCNc1ccc2nc(Oc3ccc(SCC)cc3C)ccc2c1. The summed E-state index contributed by atoms with van der Waals surface area (Å²) < 4.78 is 5.99. The van der Waals surface area contributed by atoms with Crippen LogP contribution in [0.25, 0.3) is 10.9 Å². The van der Waals surface area contributed by atoms with E-state index in [4.69, 9.17) is 4.74 Å². The number of nitrogens with one attached hydrogen (secondary N) is 1. The first-order chi connectivity index (χ1) is 11.7. The average Bonchev–Trinajstić information content (AvgIpc) is 2.58. The smallest absolute Gasteiger partial charge is 0.219 e. The molecule has 1 heterocycles. The lowest BCUT2D eigenvalue weighted by molar-refractivity contribution is 0.461. The predicted octanol–water partition coefficient (Wildman–Crippen LogP) is 5.88. The Morgan fingerprint density at radius 3 is 2.67 bits per heavy atom. The molecule has 0 atom stereocenters. The maximum Gasteiger partial charge on any atom is 0.219 e. The van der Waals surface area contributed by atoms with Gasteiger partial charge in [-0.05, 0) is 67.6 Å². The van der Waals surface area contributed by atoms with Gasteiger partial charge in [0.2, 0.25) is 5.88 Å². The lowest BCUT2D eigenvalue weighted by Crippen LogP contribution is -1.96. The number of hydrogen-bond donors (Lipinski definition) is 1. The summed E-state index contributed by atoms with van der Waals surface area (Å²) in [5, 5.41) is 4.42. The van der Waals surface area contributed by atoms with Crippen molar-refractivity contribution >= 4 is 28.4 Å². The van der Waals surface area contributed by atoms with Crippen molar-refractivity contribution < 1.29 is 4.74 Å². The van der Waals surface area contributed by atoms with Crippen molar-refractivity contribution in [3.63, 3.8) is 0 Å². The van der Waals surface area contributed by atoms with Crippen LogP contribution in [0.2, 0.25) is 0 Å². The molecule has 0 radical (unpaired) electrons. The number of rotatable bonds is 6. The van der Waals surface area contributed by atoms with Gasteiger partial charge in [-0.2, -0.15) is 0 Å². The fraction of sp³-hybridized carbons (Fsp3) is 0.250. The Balaban J connectivity index is 1.83. The lowest BCUT2D eigenvalue weighted by Gasteiger charge is -2.10. The van der Waals surface area contributed by atoms with E-state index in [2.05, 4.69) is 55.3 Å². The molecular weight excluding hydrogens is 316 g/mol. The third-order valence-electron chi connectivity index (χ3n) is 3.72. The van der Waals surface area contributed by atoms with Crippen LogP contribution in [0, 0.1) is 6.92 Å². The average molecular weight is 338 g/mol. The summed E-state index contributed by atoms with van der Waals surface area (Å²) in [6, 6.07) is 16.4. The Hall–Kier alpha value is -2.20. The molecule has 0 unspecified atom stereocenters. The first kappa shape index (κ1) is 16.7. The minimum Gasteiger partial charge on any atom is -0.439 e. The predicted molar refractivity (Wildman–Crippen MR) is 104 cm³/mol. The molecule has 0 aliphatic heterocycles. The Morgan fingerprint density at radius 1 is 1.04 bits per heavy atom. The molecular formula is C20H22N2OS. The largest absolute Gasteiger partial charge is 0.439 e. The molecule has 124 valence electrons. The zero-order chi connectivity index (χ0) is 16.9. The summed E-state index contributed by atoms with van der Waals surface area (Å²) >= 11 is 1.83. The van der Waals surface area contributed by atoms with Crippen LogP contribution in [0.1, 0.15) is 19.4 Å². The molecule has 0 spiro atoms. The maximum atomic E-state index is 5.99. The van der Waals surface area contributed by atoms with E-state index in [1.807, 2.05) is 36.0 Å². The number of anilines is 1. The molecule has 3 rings (SSSR count). The summed E-state index contributed by atoms with van der Waals surface area (Å²) in [6.45, 7) is 7.22. The van der Waals surface area contributed by atoms with E-state index in [9.17, 15) is 0 Å². The number of aryl methyl sites for hydroxylation is 1. The van der Waals surface area contributed by atoms with Crippen LogP contribution >= 0.6 is 11.8 Å². The van der Waals surface area contributed by atoms with Crippen molar-refractivity contribution in [3.05, 3.63) is 54.1 Å². The van der Waals surface area contributed by atoms with Crippen molar-refractivity contribution in [1.82, 2.24) is 4.98 Å². The van der Waals surface area contributed by atoms with Gasteiger partial charge in [-0.3, -0.25) is 0 Å². The minimum atomic E-state index is 0.623. The van der Waals surface area contributed by atoms with E-state index in [1.54, 1.807) is 0 Å². The third kappa shape index (κ3) is 3.82. The fourth-order valence-corrected chi connectivity index (χ4v) is 3.34. The molecule has 0 amide bonds. The van der Waals surface area contributed by atoms with Crippen LogP contribution in [0.4, 0.5) is 5.69 Å². The van der Waals surface area contributed by atoms with E-state index in [-0.39, 0.29) is 0 Å². The Kier molecular flexibility index (Phi) is 5.26. The second-order valence-electron chi connectivity index (χ2n) is 5.55. The van der Waals surface area contributed by atoms with Crippen molar-refractivity contribution in [3.8, 4) is 11.6 Å². The molecule has 2 aromatic carbocycles. The zero-order valence-electron chi connectivity index (χ0n) is 14.3. The third-order valence-corrected chi connectivity index (χ3v) is 4.59. The molecule has 0 aliphatic rings. The van der Waals surface area contributed by atoms with Gasteiger partial charge in [-0.25, -0.2) is 4.98 Å². The number of benzene rings is 2. The van der Waals surface area contributed by atoms with Gasteiger partial charge in [0.25, 0.3) is 0 Å². The van der Waals surface area contributed by atoms with E-state index >= 15 is 0 Å². The van der Waals surface area contributed by atoms with Gasteiger partial charge >= 0.3 is 0 Å². The van der Waals surface area contributed by atoms with Gasteiger partial charge in [0, 0.05) is 28.6 Å². The van der Waals surface area contributed by atoms with Crippen molar-refractivity contribution in [2.75, 3.05) is 17.6 Å². The van der Waals surface area contributed by atoms with Crippen LogP contribution in [0.3, 0.4) is 0 Å². The highest BCUT2D eigenvalue weighted by molar-refractivity contribution is 7.99. The topological polar surface area (TPSA) is 34.2 Å². The lowest BCUT2D eigenvalue weighted by atomic mass is 10.2. The highest BCUT2D eigenvalue weighted by Gasteiger charge is 2.06. The molecule has 24 heavy (non-hydrogen) atoms. The second-order valence-corrected chi connectivity index (χ2v) is 6.89. The fourth-order valence-electron chi connectivity index (χ4n) is 2.58. The molecule has 3 nitrogen and oxygen atoms in total. The first-order valence-corrected chi connectivity index (χ1v) is 9.24. The first-order valence-electron chi connectivity index (χ1n) is 8.25. The molecule has 1 N–H and O–H groups in total. The van der Waals surface area contributed by atoms with Crippen LogP contribution in [-0.4, -0.2) is 17.3 Å². The highest BCUT2D eigenvalue weighted by Crippen LogP contribution is 2.29. The van der Waals surface area contributed by atoms with Gasteiger partial charge in [0.15, 0.2) is 0 Å². The normalized spacial score (nSPS) is 10.8. The summed E-state index contributed by atoms with van der Waals surface area (Å²) in [5.41, 5.74) is 3.17. The molecule has 1 aromatic heterocycles. The standard InChI is InChI=1S/C20H22N2OS/c1-4-21-16-7-9-18-15(13-16)6-11-20(22-18)23-19-10-8-17(24-5-2)12-14(19)3/h6-13,21H,4-5H2,1-3H3. The molecule has 0 fully saturated rings. The number of nitrogens with zero attached hydrogens (tertiary/aromatic N) is 1. The summed E-state index contributed by atoms with van der Waals surface area (Å²) in [5.74, 6) is 2.55. The maximum absolute atomic E-state index is 5.99. The Bertz CT molecular complexity index is 848. The van der Waals surface area contributed by atoms with Gasteiger partial charge in [0.05, 0.1) is 5.52 Å². The minimum absolute atomic E-state index is 0.623. The zero-order valence-corrected chi connectivity index (χ0v) is 15.1. The monoisotopic (exact) mass is 338 g/mol. The van der Waals surface area contributed by atoms with E-state index in [0.29, 0.717) is 5.88 Å². The van der Waals surface area contributed by atoms with E-state index in [1.165, 1.54) is 4.90 Å². The van der Waals surface area contributed by atoms with Crippen molar-refractivity contribution in [2.45, 2.75) is 25.7 Å². The molecule has 0 saturated heterocycles. The van der Waals surface area contributed by atoms with Crippen LogP contribution in [-0.2, 0) is 0 Å². The Labute approximate surface area is 147 Å². The van der Waals surface area contributed by atoms with Crippen molar-refractivity contribution in [1.29, 1.82) is 0 Å². The van der Waals surface area contributed by atoms with Crippen LogP contribution in [0.15, 0.2) is 53.4 Å². The summed E-state index contributed by atoms with van der Waals surface area (Å²) in [6.07, 6.45) is 0. The molecule has 0 saturated carbocycles. The van der Waals surface area contributed by atoms with Crippen LogP contribution < -0.4 is 10.1 Å². The number of aromatic nitrogens is 1. The molecule has 4 heteroatoms. The van der Waals surface area contributed by atoms with Gasteiger partial charge < -0.3 is 10.1 Å². The van der Waals surface area contributed by atoms with Gasteiger partial charge in [-0.1, -0.05) is 6.92 Å². The Morgan fingerprint density at radius 2 is 1.92 bits per heavy atom. The number of fused-ring (bicyclic) bond motifs is 1. The summed E-state index contributed by atoms with van der Waals surface area (Å²) in [7, 11) is 0. The van der Waals surface area contributed by atoms with E-state index in [0.717, 1.165) is 40.2 Å². The number of thioether (sulfide) groups is 1. The van der Waals surface area contributed by atoms with Crippen molar-refractivity contribution in [2.24, 2.45) is 0 Å². The highest BCUT2D eigenvalue weighted by atomic mass is 32.2. The summed E-state index contributed by atoms with van der Waals surface area (Å²) in [4.78, 5) is 5.88. The second kappa shape index (κ2) is 7.58. The quantitative estimate of drug-likeness (QED) is 0.569. The molecule has 3 aromatic rings. The van der Waals surface area contributed by atoms with Crippen LogP contribution in [0.5, 0.6) is 11.6 Å². The van der Waals surface area contributed by atoms with Gasteiger partial charge in [0.1, 0.15) is 5.75 Å². The van der Waals surface area contributed by atoms with Gasteiger partial charge in [-0.15, -0.1) is 11.8 Å². The molecule has 0 bridgehead atoms. The number of ether oxygens (including phenoxy) is 1. The number of pyridine rings is 1. The van der Waals surface area contributed by atoms with E-state index < -0.39 is 0 Å².